The molecule has 1 atom stereocenters. The van der Waals surface area contributed by atoms with E-state index in [2.05, 4.69) is 0 Å². The van der Waals surface area contributed by atoms with Crippen LogP contribution >= 0.6 is 23.4 Å². The van der Waals surface area contributed by atoms with E-state index in [1.807, 2.05) is 52.8 Å². The third kappa shape index (κ3) is 5.60. The van der Waals surface area contributed by atoms with Crippen molar-refractivity contribution >= 4 is 52.0 Å². The summed E-state index contributed by atoms with van der Waals surface area (Å²) in [7, 11) is 0. The van der Waals surface area contributed by atoms with Crippen molar-refractivity contribution in [2.24, 2.45) is 4.99 Å². The zero-order chi connectivity index (χ0) is 27.5. The number of piperazine rings is 1. The Labute approximate surface area is 236 Å². The minimum atomic E-state index is -0.562. The molecule has 3 aliphatic rings. The van der Waals surface area contributed by atoms with Gasteiger partial charge < -0.3 is 19.4 Å². The molecule has 0 aromatic heterocycles. The summed E-state index contributed by atoms with van der Waals surface area (Å²) in [6.45, 7) is 5.57. The molecule has 5 rings (SSSR count). The van der Waals surface area contributed by atoms with Crippen LogP contribution in [0.4, 0.5) is 0 Å². The Balaban J connectivity index is 1.52. The maximum atomic E-state index is 13.5. The number of carbonyl (C=O) groups excluding carboxylic acids is 3. The monoisotopic (exact) mass is 564 g/mol. The molecule has 0 N–H and O–H groups in total. The van der Waals surface area contributed by atoms with Gasteiger partial charge in [0.1, 0.15) is 0 Å². The van der Waals surface area contributed by atoms with Gasteiger partial charge in [0.2, 0.25) is 11.8 Å². The minimum absolute atomic E-state index is 0.0180. The van der Waals surface area contributed by atoms with Crippen molar-refractivity contribution in [2.45, 2.75) is 26.3 Å². The van der Waals surface area contributed by atoms with Crippen molar-refractivity contribution in [3.8, 4) is 0 Å². The van der Waals surface area contributed by atoms with E-state index in [1.165, 1.54) is 11.8 Å². The lowest BCUT2D eigenvalue weighted by molar-refractivity contribution is -0.139. The number of amidine groups is 1. The number of aliphatic imine (C=N–C) groups is 1. The molecule has 2 aromatic rings. The Morgan fingerprint density at radius 3 is 2.31 bits per heavy atom. The Hall–Kier alpha value is -3.56. The Morgan fingerprint density at radius 2 is 1.67 bits per heavy atom. The summed E-state index contributed by atoms with van der Waals surface area (Å²) in [5.41, 5.74) is 3.35. The second-order valence-electron chi connectivity index (χ2n) is 9.36. The molecule has 0 aliphatic carbocycles. The van der Waals surface area contributed by atoms with Crippen LogP contribution in [0.2, 0.25) is 5.02 Å². The van der Waals surface area contributed by atoms with Gasteiger partial charge in [-0.3, -0.25) is 9.59 Å². The van der Waals surface area contributed by atoms with E-state index < -0.39 is 12.0 Å². The molecule has 0 radical (unpaired) electrons. The number of hydrogen-bond acceptors (Lipinski definition) is 7. The number of amides is 2. The van der Waals surface area contributed by atoms with Crippen LogP contribution in [0.1, 0.15) is 37.4 Å². The van der Waals surface area contributed by atoms with Crippen LogP contribution in [-0.2, 0) is 19.1 Å². The molecule has 1 fully saturated rings. The predicted octanol–water partition coefficient (Wildman–Crippen LogP) is 4.70. The molecule has 0 bridgehead atoms. The number of halogens is 1. The topological polar surface area (TPSA) is 82.5 Å². The first-order valence-electron chi connectivity index (χ1n) is 12.9. The molecule has 2 aromatic carbocycles. The number of esters is 1. The van der Waals surface area contributed by atoms with Crippen LogP contribution in [0.3, 0.4) is 0 Å². The lowest BCUT2D eigenvalue weighted by Gasteiger charge is -2.38. The van der Waals surface area contributed by atoms with E-state index in [0.717, 1.165) is 16.8 Å². The first-order chi connectivity index (χ1) is 18.9. The van der Waals surface area contributed by atoms with Gasteiger partial charge in [-0.1, -0.05) is 65.8 Å². The maximum absolute atomic E-state index is 13.5. The van der Waals surface area contributed by atoms with Crippen LogP contribution in [0.5, 0.6) is 0 Å². The van der Waals surface area contributed by atoms with Crippen molar-refractivity contribution in [3.05, 3.63) is 87.4 Å². The van der Waals surface area contributed by atoms with Gasteiger partial charge in [-0.15, -0.1) is 0 Å². The quantitative estimate of drug-likeness (QED) is 0.473. The smallest absolute Gasteiger partial charge is 0.338 e. The molecule has 3 aliphatic heterocycles. The Morgan fingerprint density at radius 1 is 1.00 bits per heavy atom. The third-order valence-corrected chi connectivity index (χ3v) is 8.09. The zero-order valence-corrected chi connectivity index (χ0v) is 23.4. The minimum Gasteiger partial charge on any atom is -0.463 e. The average molecular weight is 565 g/mol. The SMILES string of the molecule is CCOC(=O)C1=C(c2ccccc2)N=C2SC=C(CC(=O)N3CCN(C(C)=O)CC3)N2[C@@H]1c1ccc(Cl)cc1. The standard InChI is InChI=1S/C29H29ClN4O4S/c1-3-38-28(37)25-26(20-7-5-4-6-8-20)31-29-34(27(25)21-9-11-22(30)12-10-21)23(18-39-29)17-24(36)33-15-13-32(14-16-33)19(2)35/h4-12,18,27H,3,13-17H2,1-2H3/t27-/m1/s1. The number of carbonyl (C=O) groups is 3. The van der Waals surface area contributed by atoms with Crippen LogP contribution in [0.15, 0.2) is 76.3 Å². The van der Waals surface area contributed by atoms with E-state index in [9.17, 15) is 14.4 Å². The molecule has 2 amide bonds. The van der Waals surface area contributed by atoms with E-state index in [-0.39, 0.29) is 24.8 Å². The van der Waals surface area contributed by atoms with E-state index in [4.69, 9.17) is 21.3 Å². The van der Waals surface area contributed by atoms with Crippen molar-refractivity contribution < 1.29 is 19.1 Å². The molecule has 0 spiro atoms. The molecular weight excluding hydrogens is 536 g/mol. The number of nitrogens with zero attached hydrogens (tertiary/aromatic N) is 4. The molecule has 8 nitrogen and oxygen atoms in total. The van der Waals surface area contributed by atoms with Gasteiger partial charge in [0.15, 0.2) is 5.17 Å². The first kappa shape index (κ1) is 27.0. The number of rotatable bonds is 6. The summed E-state index contributed by atoms with van der Waals surface area (Å²) < 4.78 is 5.55. The highest BCUT2D eigenvalue weighted by Crippen LogP contribution is 2.47. The van der Waals surface area contributed by atoms with Crippen molar-refractivity contribution in [2.75, 3.05) is 32.8 Å². The number of benzene rings is 2. The van der Waals surface area contributed by atoms with Gasteiger partial charge in [0.25, 0.3) is 0 Å². The van der Waals surface area contributed by atoms with Crippen LogP contribution in [0, 0.1) is 0 Å². The Kier molecular flexibility index (Phi) is 8.09. The van der Waals surface area contributed by atoms with Crippen molar-refractivity contribution in [1.29, 1.82) is 0 Å². The molecule has 39 heavy (non-hydrogen) atoms. The lowest BCUT2D eigenvalue weighted by atomic mass is 9.91. The molecule has 0 unspecified atom stereocenters. The highest BCUT2D eigenvalue weighted by Gasteiger charge is 2.42. The van der Waals surface area contributed by atoms with E-state index in [1.54, 1.807) is 35.8 Å². The molecule has 202 valence electrons. The number of ether oxygens (including phenoxy) is 1. The molecule has 0 saturated carbocycles. The van der Waals surface area contributed by atoms with E-state index in [0.29, 0.717) is 47.6 Å². The summed E-state index contributed by atoms with van der Waals surface area (Å²) in [5.74, 6) is -0.469. The number of thioether (sulfide) groups is 1. The maximum Gasteiger partial charge on any atom is 0.338 e. The zero-order valence-electron chi connectivity index (χ0n) is 21.8. The van der Waals surface area contributed by atoms with Gasteiger partial charge in [-0.05, 0) is 30.0 Å². The van der Waals surface area contributed by atoms with Crippen LogP contribution < -0.4 is 0 Å². The Bertz CT molecular complexity index is 1370. The van der Waals surface area contributed by atoms with Crippen molar-refractivity contribution in [1.82, 2.24) is 14.7 Å². The molecule has 1 saturated heterocycles. The number of fused-ring (bicyclic) bond motifs is 1. The molecule has 10 heteroatoms. The number of hydrogen-bond donors (Lipinski definition) is 0. The second-order valence-corrected chi connectivity index (χ2v) is 10.6. The van der Waals surface area contributed by atoms with Gasteiger partial charge in [-0.2, -0.15) is 0 Å². The summed E-state index contributed by atoms with van der Waals surface area (Å²) in [6, 6.07) is 16.4. The summed E-state index contributed by atoms with van der Waals surface area (Å²) in [4.78, 5) is 49.1. The van der Waals surface area contributed by atoms with Gasteiger partial charge in [0.05, 0.1) is 30.3 Å². The van der Waals surface area contributed by atoms with Gasteiger partial charge in [-0.25, -0.2) is 9.79 Å². The highest BCUT2D eigenvalue weighted by atomic mass is 35.5. The van der Waals surface area contributed by atoms with Crippen LogP contribution in [0.25, 0.3) is 5.70 Å². The van der Waals surface area contributed by atoms with Crippen LogP contribution in [-0.4, -0.2) is 70.4 Å². The predicted molar refractivity (Wildman–Crippen MR) is 153 cm³/mol. The summed E-state index contributed by atoms with van der Waals surface area (Å²) in [6.07, 6.45) is 0.146. The highest BCUT2D eigenvalue weighted by molar-refractivity contribution is 8.16. The summed E-state index contributed by atoms with van der Waals surface area (Å²) >= 11 is 7.65. The molecular formula is C29H29ClN4O4S. The lowest BCUT2D eigenvalue weighted by Crippen LogP contribution is -2.50. The average Bonchev–Trinajstić information content (AvgIpc) is 3.35. The van der Waals surface area contributed by atoms with Gasteiger partial charge in [0, 0.05) is 49.4 Å². The largest absolute Gasteiger partial charge is 0.463 e. The second kappa shape index (κ2) is 11.7. The van der Waals surface area contributed by atoms with Gasteiger partial charge >= 0.3 is 5.97 Å². The van der Waals surface area contributed by atoms with Crippen molar-refractivity contribution in [3.63, 3.8) is 0 Å². The normalized spacial score (nSPS) is 18.9. The van der Waals surface area contributed by atoms with E-state index >= 15 is 0 Å². The fraction of sp³-hybridized carbons (Fsp3) is 0.310. The molecule has 3 heterocycles. The fourth-order valence-corrected chi connectivity index (χ4v) is 6.03. The summed E-state index contributed by atoms with van der Waals surface area (Å²) in [5, 5.41) is 3.20. The third-order valence-electron chi connectivity index (χ3n) is 6.95. The fourth-order valence-electron chi connectivity index (χ4n) is 4.99. The first-order valence-corrected chi connectivity index (χ1v) is 14.1.